The van der Waals surface area contributed by atoms with Crippen LogP contribution in [0.3, 0.4) is 0 Å². The zero-order valence-electron chi connectivity index (χ0n) is 21.9. The van der Waals surface area contributed by atoms with E-state index < -0.39 is 0 Å². The summed E-state index contributed by atoms with van der Waals surface area (Å²) in [6, 6.07) is 40.0. The van der Waals surface area contributed by atoms with Crippen molar-refractivity contribution in [3.63, 3.8) is 0 Å². The van der Waals surface area contributed by atoms with Crippen LogP contribution >= 0.6 is 0 Å². The first-order chi connectivity index (χ1) is 18.5. The Labute approximate surface area is 223 Å². The third-order valence-electron chi connectivity index (χ3n) is 6.90. The van der Waals surface area contributed by atoms with E-state index in [1.54, 1.807) is 0 Å². The highest BCUT2D eigenvalue weighted by molar-refractivity contribution is 5.93. The van der Waals surface area contributed by atoms with Crippen LogP contribution in [-0.2, 0) is 5.41 Å². The molecule has 5 aromatic carbocycles. The summed E-state index contributed by atoms with van der Waals surface area (Å²) in [4.78, 5) is 4.72. The summed E-state index contributed by atoms with van der Waals surface area (Å²) < 4.78 is 6.60. The van der Waals surface area contributed by atoms with E-state index >= 15 is 0 Å². The maximum absolute atomic E-state index is 6.60. The molecule has 0 fully saturated rings. The molecule has 6 aromatic rings. The number of hydrogen-bond donors (Lipinski definition) is 1. The number of rotatable bonds is 5. The van der Waals surface area contributed by atoms with E-state index in [1.807, 2.05) is 18.3 Å². The molecule has 3 heteroatoms. The molecule has 1 heterocycles. The van der Waals surface area contributed by atoms with Crippen molar-refractivity contribution in [2.24, 2.45) is 0 Å². The summed E-state index contributed by atoms with van der Waals surface area (Å²) in [5.74, 6) is 1.35. The van der Waals surface area contributed by atoms with Crippen LogP contribution in [0.2, 0.25) is 0 Å². The molecule has 6 rings (SSSR count). The molecule has 0 saturated heterocycles. The standard InChI is InChI=1S/C35H30N2O/c1-35(2,3)31-14-8-9-15-32(31)38-34-33(37-29-19-18-25-11-5-7-13-27(25)23-29)30(20-21-36-34)28-17-16-24-10-4-6-12-26(24)22-28/h4-23,37H,1-3H3. The predicted molar refractivity (Wildman–Crippen MR) is 160 cm³/mol. The molecule has 1 N–H and O–H groups in total. The Hall–Kier alpha value is -4.63. The Morgan fingerprint density at radius 3 is 2.00 bits per heavy atom. The van der Waals surface area contributed by atoms with Gasteiger partial charge in [-0.2, -0.15) is 0 Å². The third kappa shape index (κ3) is 4.71. The molecule has 186 valence electrons. The normalized spacial score (nSPS) is 11.6. The first-order valence-corrected chi connectivity index (χ1v) is 13.0. The lowest BCUT2D eigenvalue weighted by molar-refractivity contribution is 0.442. The summed E-state index contributed by atoms with van der Waals surface area (Å²) >= 11 is 0. The van der Waals surface area contributed by atoms with E-state index in [2.05, 4.69) is 129 Å². The summed E-state index contributed by atoms with van der Waals surface area (Å²) in [5, 5.41) is 8.46. The molecule has 0 spiro atoms. The van der Waals surface area contributed by atoms with Gasteiger partial charge in [0.15, 0.2) is 0 Å². The van der Waals surface area contributed by atoms with Gasteiger partial charge in [-0.15, -0.1) is 0 Å². The monoisotopic (exact) mass is 494 g/mol. The van der Waals surface area contributed by atoms with E-state index in [1.165, 1.54) is 21.5 Å². The summed E-state index contributed by atoms with van der Waals surface area (Å²) in [7, 11) is 0. The minimum atomic E-state index is -0.0709. The molecule has 0 aliphatic carbocycles. The van der Waals surface area contributed by atoms with Crippen molar-refractivity contribution < 1.29 is 4.74 Å². The van der Waals surface area contributed by atoms with E-state index in [0.29, 0.717) is 5.88 Å². The number of para-hydroxylation sites is 1. The maximum Gasteiger partial charge on any atom is 0.243 e. The minimum absolute atomic E-state index is 0.0709. The Bertz CT molecular complexity index is 1760. The van der Waals surface area contributed by atoms with Crippen molar-refractivity contribution in [1.82, 2.24) is 4.98 Å². The van der Waals surface area contributed by atoms with E-state index in [-0.39, 0.29) is 5.41 Å². The Kier molecular flexibility index (Phi) is 6.05. The predicted octanol–water partition coefficient (Wildman–Crippen LogP) is 9.89. The first kappa shape index (κ1) is 23.7. The molecule has 0 aliphatic rings. The number of anilines is 2. The van der Waals surface area contributed by atoms with Gasteiger partial charge in [0.2, 0.25) is 5.88 Å². The second-order valence-corrected chi connectivity index (χ2v) is 10.6. The highest BCUT2D eigenvalue weighted by atomic mass is 16.5. The SMILES string of the molecule is CC(C)(C)c1ccccc1Oc1nccc(-c2ccc3ccccc3c2)c1Nc1ccc2ccccc2c1. The van der Waals surface area contributed by atoms with Crippen molar-refractivity contribution in [1.29, 1.82) is 0 Å². The Morgan fingerprint density at radius 2 is 1.26 bits per heavy atom. The van der Waals surface area contributed by atoms with E-state index in [0.717, 1.165) is 33.8 Å². The largest absolute Gasteiger partial charge is 0.437 e. The molecule has 0 radical (unpaired) electrons. The summed E-state index contributed by atoms with van der Waals surface area (Å²) in [6.45, 7) is 6.59. The molecule has 38 heavy (non-hydrogen) atoms. The number of nitrogens with one attached hydrogen (secondary N) is 1. The van der Waals surface area contributed by atoms with E-state index in [9.17, 15) is 0 Å². The van der Waals surface area contributed by atoms with Crippen molar-refractivity contribution >= 4 is 32.9 Å². The van der Waals surface area contributed by atoms with Gasteiger partial charge >= 0.3 is 0 Å². The lowest BCUT2D eigenvalue weighted by Gasteiger charge is -2.23. The first-order valence-electron chi connectivity index (χ1n) is 13.0. The van der Waals surface area contributed by atoms with Crippen LogP contribution in [0, 0.1) is 0 Å². The van der Waals surface area contributed by atoms with Crippen LogP contribution in [0.1, 0.15) is 26.3 Å². The Balaban J connectivity index is 1.50. The van der Waals surface area contributed by atoms with Gasteiger partial charge in [0.1, 0.15) is 11.4 Å². The van der Waals surface area contributed by atoms with Gasteiger partial charge in [-0.3, -0.25) is 0 Å². The van der Waals surface area contributed by atoms with Gasteiger partial charge in [-0.05, 0) is 62.9 Å². The fourth-order valence-corrected chi connectivity index (χ4v) is 4.93. The molecule has 0 unspecified atom stereocenters. The smallest absolute Gasteiger partial charge is 0.243 e. The van der Waals surface area contributed by atoms with Gasteiger partial charge in [0.25, 0.3) is 0 Å². The van der Waals surface area contributed by atoms with Gasteiger partial charge in [0.05, 0.1) is 0 Å². The van der Waals surface area contributed by atoms with Crippen LogP contribution in [0.4, 0.5) is 11.4 Å². The molecular weight excluding hydrogens is 464 g/mol. The van der Waals surface area contributed by atoms with Crippen LogP contribution < -0.4 is 10.1 Å². The minimum Gasteiger partial charge on any atom is -0.437 e. The molecule has 1 aromatic heterocycles. The quantitative estimate of drug-likeness (QED) is 0.259. The zero-order chi connectivity index (χ0) is 26.1. The zero-order valence-corrected chi connectivity index (χ0v) is 21.9. The average Bonchev–Trinajstić information content (AvgIpc) is 2.93. The number of fused-ring (bicyclic) bond motifs is 2. The second-order valence-electron chi connectivity index (χ2n) is 10.6. The van der Waals surface area contributed by atoms with Gasteiger partial charge in [-0.1, -0.05) is 106 Å². The number of pyridine rings is 1. The molecule has 0 bridgehead atoms. The fraction of sp³-hybridized carbons (Fsp3) is 0.114. The van der Waals surface area contributed by atoms with Gasteiger partial charge in [0, 0.05) is 23.0 Å². The highest BCUT2D eigenvalue weighted by Crippen LogP contribution is 2.41. The van der Waals surface area contributed by atoms with Crippen molar-refractivity contribution in [3.8, 4) is 22.8 Å². The van der Waals surface area contributed by atoms with Crippen LogP contribution in [-0.4, -0.2) is 4.98 Å². The van der Waals surface area contributed by atoms with Crippen molar-refractivity contribution in [2.75, 3.05) is 5.32 Å². The van der Waals surface area contributed by atoms with Crippen molar-refractivity contribution in [3.05, 3.63) is 127 Å². The number of hydrogen-bond acceptors (Lipinski definition) is 3. The highest BCUT2D eigenvalue weighted by Gasteiger charge is 2.21. The second kappa shape index (κ2) is 9.68. The fourth-order valence-electron chi connectivity index (χ4n) is 4.93. The lowest BCUT2D eigenvalue weighted by atomic mass is 9.86. The molecule has 0 atom stereocenters. The average molecular weight is 495 g/mol. The van der Waals surface area contributed by atoms with Gasteiger partial charge in [-0.25, -0.2) is 4.98 Å². The third-order valence-corrected chi connectivity index (χ3v) is 6.90. The van der Waals surface area contributed by atoms with Crippen LogP contribution in [0.15, 0.2) is 121 Å². The van der Waals surface area contributed by atoms with Crippen LogP contribution in [0.25, 0.3) is 32.7 Å². The number of nitrogens with zero attached hydrogens (tertiary/aromatic N) is 1. The number of benzene rings is 5. The Morgan fingerprint density at radius 1 is 0.632 bits per heavy atom. The van der Waals surface area contributed by atoms with Gasteiger partial charge < -0.3 is 10.1 Å². The molecule has 0 amide bonds. The molecule has 0 aliphatic heterocycles. The maximum atomic E-state index is 6.60. The topological polar surface area (TPSA) is 34.1 Å². The van der Waals surface area contributed by atoms with E-state index in [4.69, 9.17) is 9.72 Å². The number of aromatic nitrogens is 1. The molecule has 3 nitrogen and oxygen atoms in total. The summed E-state index contributed by atoms with van der Waals surface area (Å²) in [6.07, 6.45) is 1.82. The molecular formula is C35H30N2O. The molecule has 0 saturated carbocycles. The summed E-state index contributed by atoms with van der Waals surface area (Å²) in [5.41, 5.74) is 5.01. The van der Waals surface area contributed by atoms with Crippen LogP contribution in [0.5, 0.6) is 11.6 Å². The number of ether oxygens (including phenoxy) is 1. The lowest BCUT2D eigenvalue weighted by Crippen LogP contribution is -2.12. The van der Waals surface area contributed by atoms with Crippen molar-refractivity contribution in [2.45, 2.75) is 26.2 Å².